The van der Waals surface area contributed by atoms with Crippen LogP contribution in [0, 0.1) is 0 Å². The van der Waals surface area contributed by atoms with E-state index in [2.05, 4.69) is 24.6 Å². The molecule has 1 aliphatic heterocycles. The average molecular weight is 431 g/mol. The molecule has 0 radical (unpaired) electrons. The summed E-state index contributed by atoms with van der Waals surface area (Å²) in [5.41, 5.74) is 2.41. The molecule has 0 spiro atoms. The van der Waals surface area contributed by atoms with Crippen LogP contribution in [-0.4, -0.2) is 50.6 Å². The largest absolute Gasteiger partial charge is 0.347 e. The maximum Gasteiger partial charge on any atom is 0.240 e. The van der Waals surface area contributed by atoms with Crippen LogP contribution in [0.4, 0.5) is 11.9 Å². The number of piperidine rings is 1. The minimum absolute atomic E-state index is 0.0314. The number of sulfonamides is 1. The van der Waals surface area contributed by atoms with Crippen molar-refractivity contribution in [2.45, 2.75) is 56.4 Å². The van der Waals surface area contributed by atoms with Gasteiger partial charge in [0, 0.05) is 27.2 Å². The molecule has 0 atom stereocenters. The van der Waals surface area contributed by atoms with Crippen molar-refractivity contribution in [2.75, 3.05) is 37.0 Å². The molecule has 1 aromatic carbocycles. The zero-order valence-corrected chi connectivity index (χ0v) is 18.6. The fraction of sp³-hybridized carbons (Fsp3) is 0.571. The highest BCUT2D eigenvalue weighted by Crippen LogP contribution is 2.24. The lowest BCUT2D eigenvalue weighted by atomic mass is 9.92. The lowest BCUT2D eigenvalue weighted by Crippen LogP contribution is -2.33. The quantitative estimate of drug-likeness (QED) is 0.752. The van der Waals surface area contributed by atoms with E-state index in [1.54, 1.807) is 6.07 Å². The first kappa shape index (κ1) is 21.0. The number of nitrogens with one attached hydrogen (secondary N) is 1. The highest BCUT2D eigenvalue weighted by molar-refractivity contribution is 7.89. The summed E-state index contributed by atoms with van der Waals surface area (Å²) in [6.07, 6.45) is 7.70. The molecule has 1 aliphatic carbocycles. The Hall–Kier alpha value is -2.26. The molecule has 0 unspecified atom stereocenters. The third kappa shape index (κ3) is 4.73. The van der Waals surface area contributed by atoms with Crippen molar-refractivity contribution in [3.05, 3.63) is 35.2 Å². The van der Waals surface area contributed by atoms with Crippen LogP contribution < -0.4 is 14.5 Å². The van der Waals surface area contributed by atoms with E-state index in [4.69, 9.17) is 0 Å². The molecular formula is C21H30N6O2S. The predicted molar refractivity (Wildman–Crippen MR) is 117 cm³/mol. The topological polar surface area (TPSA) is 91.3 Å². The van der Waals surface area contributed by atoms with Gasteiger partial charge in [-0.1, -0.05) is 6.07 Å². The normalized spacial score (nSPS) is 16.9. The first-order valence-corrected chi connectivity index (χ1v) is 12.2. The Morgan fingerprint density at radius 3 is 2.43 bits per heavy atom. The van der Waals surface area contributed by atoms with Crippen molar-refractivity contribution in [2.24, 2.45) is 0 Å². The number of aryl methyl sites for hydroxylation is 2. The molecule has 8 nitrogen and oxygen atoms in total. The minimum Gasteiger partial charge on any atom is -0.347 e. The van der Waals surface area contributed by atoms with Crippen LogP contribution in [0.1, 0.15) is 49.1 Å². The summed E-state index contributed by atoms with van der Waals surface area (Å²) in [4.78, 5) is 17.8. The van der Waals surface area contributed by atoms with E-state index < -0.39 is 10.0 Å². The van der Waals surface area contributed by atoms with Crippen LogP contribution in [0.2, 0.25) is 0 Å². The number of hydrogen-bond donors (Lipinski definition) is 1. The zero-order chi connectivity index (χ0) is 21.1. The fourth-order valence-corrected chi connectivity index (χ4v) is 5.06. The van der Waals surface area contributed by atoms with Gasteiger partial charge in [0.1, 0.15) is 0 Å². The Morgan fingerprint density at radius 1 is 0.967 bits per heavy atom. The maximum absolute atomic E-state index is 12.9. The number of rotatable bonds is 6. The highest BCUT2D eigenvalue weighted by Gasteiger charge is 2.20. The van der Waals surface area contributed by atoms with Gasteiger partial charge in [-0.2, -0.15) is 15.0 Å². The number of fused-ring (bicyclic) bond motifs is 1. The molecule has 0 bridgehead atoms. The van der Waals surface area contributed by atoms with E-state index in [0.717, 1.165) is 50.8 Å². The summed E-state index contributed by atoms with van der Waals surface area (Å²) in [6.45, 7) is 1.86. The molecule has 1 aromatic heterocycles. The molecule has 30 heavy (non-hydrogen) atoms. The van der Waals surface area contributed by atoms with Gasteiger partial charge in [-0.15, -0.1) is 0 Å². The van der Waals surface area contributed by atoms with Gasteiger partial charge in [0.15, 0.2) is 5.82 Å². The van der Waals surface area contributed by atoms with Crippen molar-refractivity contribution in [3.63, 3.8) is 0 Å². The van der Waals surface area contributed by atoms with Crippen LogP contribution in [0.15, 0.2) is 23.1 Å². The first-order chi connectivity index (χ1) is 14.4. The molecule has 0 amide bonds. The second kappa shape index (κ2) is 8.85. The summed E-state index contributed by atoms with van der Waals surface area (Å²) in [5.74, 6) is 1.58. The Labute approximate surface area is 178 Å². The Morgan fingerprint density at radius 2 is 1.70 bits per heavy atom. The second-order valence-electron chi connectivity index (χ2n) is 8.26. The van der Waals surface area contributed by atoms with Gasteiger partial charge in [0.05, 0.1) is 11.4 Å². The molecule has 1 N–H and O–H groups in total. The van der Waals surface area contributed by atoms with Gasteiger partial charge in [-0.3, -0.25) is 0 Å². The van der Waals surface area contributed by atoms with E-state index in [1.165, 1.54) is 18.4 Å². The molecule has 1 fully saturated rings. The maximum atomic E-state index is 12.9. The third-order valence-corrected chi connectivity index (χ3v) is 7.15. The molecule has 2 heterocycles. The van der Waals surface area contributed by atoms with Gasteiger partial charge in [-0.05, 0) is 68.2 Å². The van der Waals surface area contributed by atoms with E-state index in [0.29, 0.717) is 22.6 Å². The molecule has 2 aromatic rings. The fourth-order valence-electron chi connectivity index (χ4n) is 4.03. The first-order valence-electron chi connectivity index (χ1n) is 10.7. The van der Waals surface area contributed by atoms with Gasteiger partial charge in [-0.25, -0.2) is 13.1 Å². The van der Waals surface area contributed by atoms with Crippen LogP contribution in [0.25, 0.3) is 0 Å². The number of nitrogens with zero attached hydrogens (tertiary/aromatic N) is 5. The molecule has 9 heteroatoms. The lowest BCUT2D eigenvalue weighted by molar-refractivity contribution is 0.563. The average Bonchev–Trinajstić information content (AvgIpc) is 2.78. The minimum atomic E-state index is -3.64. The van der Waals surface area contributed by atoms with Crippen molar-refractivity contribution < 1.29 is 8.42 Å². The summed E-state index contributed by atoms with van der Waals surface area (Å²) in [7, 11) is 0.102. The Balaban J connectivity index is 1.54. The molecule has 0 saturated carbocycles. The summed E-state index contributed by atoms with van der Waals surface area (Å²) in [6, 6.07) is 5.46. The van der Waals surface area contributed by atoms with Crippen LogP contribution in [-0.2, 0) is 29.4 Å². The Kier molecular flexibility index (Phi) is 6.19. The standard InChI is InChI=1S/C21H30N6O2S/c1-26(2)20-23-19(24-21(25-20)27-12-6-3-7-13-27)15-22-30(28,29)18-11-10-16-8-4-5-9-17(16)14-18/h10-11,14,22H,3-9,12-13,15H2,1-2H3. The number of hydrogen-bond acceptors (Lipinski definition) is 7. The van der Waals surface area contributed by atoms with Crippen molar-refractivity contribution in [1.29, 1.82) is 0 Å². The molecule has 4 rings (SSSR count). The zero-order valence-electron chi connectivity index (χ0n) is 17.8. The van der Waals surface area contributed by atoms with Crippen LogP contribution >= 0.6 is 0 Å². The van der Waals surface area contributed by atoms with Crippen molar-refractivity contribution in [1.82, 2.24) is 19.7 Å². The molecule has 162 valence electrons. The highest BCUT2D eigenvalue weighted by atomic mass is 32.2. The van der Waals surface area contributed by atoms with Gasteiger partial charge in [0.25, 0.3) is 0 Å². The van der Waals surface area contributed by atoms with Gasteiger partial charge >= 0.3 is 0 Å². The van der Waals surface area contributed by atoms with E-state index in [9.17, 15) is 8.42 Å². The lowest BCUT2D eigenvalue weighted by Gasteiger charge is -2.27. The van der Waals surface area contributed by atoms with Gasteiger partial charge < -0.3 is 9.80 Å². The predicted octanol–water partition coefficient (Wildman–Crippen LogP) is 2.29. The monoisotopic (exact) mass is 430 g/mol. The van der Waals surface area contributed by atoms with E-state index >= 15 is 0 Å². The second-order valence-corrected chi connectivity index (χ2v) is 10.0. The third-order valence-electron chi connectivity index (χ3n) is 5.75. The number of aromatic nitrogens is 3. The molecular weight excluding hydrogens is 400 g/mol. The SMILES string of the molecule is CN(C)c1nc(CNS(=O)(=O)c2ccc3c(c2)CCCC3)nc(N2CCCCC2)n1. The van der Waals surface area contributed by atoms with Crippen molar-refractivity contribution in [3.8, 4) is 0 Å². The smallest absolute Gasteiger partial charge is 0.240 e. The summed E-state index contributed by atoms with van der Waals surface area (Å²) < 4.78 is 28.5. The molecule has 2 aliphatic rings. The van der Waals surface area contributed by atoms with Gasteiger partial charge in [0.2, 0.25) is 21.9 Å². The molecule has 1 saturated heterocycles. The van der Waals surface area contributed by atoms with Crippen molar-refractivity contribution >= 4 is 21.9 Å². The summed E-state index contributed by atoms with van der Waals surface area (Å²) >= 11 is 0. The van der Waals surface area contributed by atoms with Crippen LogP contribution in [0.3, 0.4) is 0 Å². The Bertz CT molecular complexity index is 1000. The van der Waals surface area contributed by atoms with E-state index in [1.807, 2.05) is 31.1 Å². The van der Waals surface area contributed by atoms with E-state index in [-0.39, 0.29) is 6.54 Å². The number of benzene rings is 1. The van der Waals surface area contributed by atoms with Crippen LogP contribution in [0.5, 0.6) is 0 Å². The summed E-state index contributed by atoms with van der Waals surface area (Å²) in [5, 5.41) is 0. The number of anilines is 2.